The molecule has 1 aliphatic heterocycles. The van der Waals surface area contributed by atoms with Gasteiger partial charge in [-0.3, -0.25) is 9.89 Å². The Labute approximate surface area is 70.6 Å². The summed E-state index contributed by atoms with van der Waals surface area (Å²) >= 11 is 0. The minimum atomic E-state index is 0.316. The number of carbonyl (C=O) groups excluding carboxylic acids is 1. The topological polar surface area (TPSA) is 49.0 Å². The summed E-state index contributed by atoms with van der Waals surface area (Å²) in [6, 6.07) is 1.89. The minimum Gasteiger partial charge on any atom is -0.350 e. The zero-order valence-corrected chi connectivity index (χ0v) is 6.79. The van der Waals surface area contributed by atoms with Gasteiger partial charge in [0.25, 0.3) is 0 Å². The molecule has 0 aliphatic carbocycles. The van der Waals surface area contributed by atoms with Gasteiger partial charge in [-0.15, -0.1) is 0 Å². The molecule has 2 rings (SSSR count). The van der Waals surface area contributed by atoms with Crippen LogP contribution in [0.25, 0.3) is 0 Å². The second-order valence-electron chi connectivity index (χ2n) is 3.01. The largest absolute Gasteiger partial charge is 0.350 e. The number of H-pyrrole nitrogens is 1. The zero-order chi connectivity index (χ0) is 8.39. The van der Waals surface area contributed by atoms with Crippen LogP contribution in [0.4, 0.5) is 5.82 Å². The number of hydrogen-bond donors (Lipinski definition) is 1. The first kappa shape index (κ1) is 7.34. The number of hydrogen-bond acceptors (Lipinski definition) is 3. The number of aromatic nitrogens is 2. The Bertz CT molecular complexity index is 268. The molecule has 1 saturated heterocycles. The molecule has 64 valence electrons. The maximum Gasteiger partial charge on any atom is 0.152 e. The van der Waals surface area contributed by atoms with Crippen molar-refractivity contribution >= 4 is 11.6 Å². The number of anilines is 1. The number of nitrogens with one attached hydrogen (secondary N) is 1. The normalized spacial score (nSPS) is 18.3. The van der Waals surface area contributed by atoms with Crippen molar-refractivity contribution in [2.75, 3.05) is 18.0 Å². The lowest BCUT2D eigenvalue weighted by Gasteiger charge is -2.25. The molecule has 4 nitrogen and oxygen atoms in total. The summed E-state index contributed by atoms with van der Waals surface area (Å²) in [5.74, 6) is 1.26. The van der Waals surface area contributed by atoms with Crippen LogP contribution in [0.2, 0.25) is 0 Å². The molecule has 1 N–H and O–H groups in total. The van der Waals surface area contributed by atoms with Crippen molar-refractivity contribution in [3.63, 3.8) is 0 Å². The first-order chi connectivity index (χ1) is 5.86. The molecular formula is C8H11N3O. The van der Waals surface area contributed by atoms with Crippen LogP contribution in [0.15, 0.2) is 12.3 Å². The monoisotopic (exact) mass is 165 g/mol. The van der Waals surface area contributed by atoms with Gasteiger partial charge in [0.2, 0.25) is 0 Å². The predicted octanol–water partition coefficient (Wildman–Crippen LogP) is 0.579. The van der Waals surface area contributed by atoms with E-state index in [4.69, 9.17) is 0 Å². The molecule has 4 heteroatoms. The average molecular weight is 165 g/mol. The van der Waals surface area contributed by atoms with E-state index in [2.05, 4.69) is 10.2 Å². The van der Waals surface area contributed by atoms with Gasteiger partial charge in [-0.25, -0.2) is 0 Å². The van der Waals surface area contributed by atoms with Crippen molar-refractivity contribution in [1.82, 2.24) is 10.2 Å². The van der Waals surface area contributed by atoms with E-state index >= 15 is 0 Å². The summed E-state index contributed by atoms with van der Waals surface area (Å²) in [4.78, 5) is 13.1. The highest BCUT2D eigenvalue weighted by atomic mass is 16.1. The van der Waals surface area contributed by atoms with Gasteiger partial charge < -0.3 is 4.90 Å². The molecule has 1 aromatic heterocycles. The summed E-state index contributed by atoms with van der Waals surface area (Å²) in [6.45, 7) is 1.48. The van der Waals surface area contributed by atoms with Crippen molar-refractivity contribution in [1.29, 1.82) is 0 Å². The van der Waals surface area contributed by atoms with Crippen LogP contribution in [0, 0.1) is 0 Å². The predicted molar refractivity (Wildman–Crippen MR) is 45.0 cm³/mol. The van der Waals surface area contributed by atoms with Crippen LogP contribution in [0.5, 0.6) is 0 Å². The van der Waals surface area contributed by atoms with E-state index in [-0.39, 0.29) is 0 Å². The maximum absolute atomic E-state index is 11.1. The Hall–Kier alpha value is -1.32. The van der Waals surface area contributed by atoms with Crippen LogP contribution < -0.4 is 4.90 Å². The second kappa shape index (κ2) is 2.97. The van der Waals surface area contributed by atoms with Crippen molar-refractivity contribution in [2.24, 2.45) is 0 Å². The molecule has 0 amide bonds. The lowest BCUT2D eigenvalue weighted by molar-refractivity contribution is -0.118. The summed E-state index contributed by atoms with van der Waals surface area (Å²) in [5.41, 5.74) is 0. The van der Waals surface area contributed by atoms with E-state index < -0.39 is 0 Å². The van der Waals surface area contributed by atoms with Crippen LogP contribution in [0.3, 0.4) is 0 Å². The third kappa shape index (κ3) is 1.32. The third-order valence-electron chi connectivity index (χ3n) is 2.08. The molecule has 0 aromatic carbocycles. The number of Topliss-reactive ketones (excluding diaryl/α,β-unsaturated/α-hetero) is 1. The SMILES string of the molecule is O=C1CCCN(c2ccn[nH]2)C1. The Kier molecular flexibility index (Phi) is 1.81. The Morgan fingerprint density at radius 1 is 1.58 bits per heavy atom. The fourth-order valence-electron chi connectivity index (χ4n) is 1.47. The second-order valence-corrected chi connectivity index (χ2v) is 3.01. The smallest absolute Gasteiger partial charge is 0.152 e. The van der Waals surface area contributed by atoms with Crippen LogP contribution in [0.1, 0.15) is 12.8 Å². The molecular weight excluding hydrogens is 154 g/mol. The maximum atomic E-state index is 11.1. The van der Waals surface area contributed by atoms with E-state index in [0.717, 1.165) is 25.2 Å². The highest BCUT2D eigenvalue weighted by Crippen LogP contribution is 2.13. The highest BCUT2D eigenvalue weighted by molar-refractivity contribution is 5.84. The zero-order valence-electron chi connectivity index (χ0n) is 6.79. The fourth-order valence-corrected chi connectivity index (χ4v) is 1.47. The van der Waals surface area contributed by atoms with E-state index in [1.807, 2.05) is 11.0 Å². The van der Waals surface area contributed by atoms with E-state index in [0.29, 0.717) is 12.3 Å². The lowest BCUT2D eigenvalue weighted by Crippen LogP contribution is -2.35. The number of rotatable bonds is 1. The first-order valence-corrected chi connectivity index (χ1v) is 4.12. The molecule has 1 aliphatic rings. The minimum absolute atomic E-state index is 0.316. The van der Waals surface area contributed by atoms with Gasteiger partial charge in [-0.1, -0.05) is 0 Å². The lowest BCUT2D eigenvalue weighted by atomic mass is 10.1. The molecule has 1 aromatic rings. The van der Waals surface area contributed by atoms with Crippen molar-refractivity contribution in [3.05, 3.63) is 12.3 Å². The molecule has 0 unspecified atom stereocenters. The number of nitrogens with zero attached hydrogens (tertiary/aromatic N) is 2. The van der Waals surface area contributed by atoms with Crippen molar-refractivity contribution in [3.8, 4) is 0 Å². The fraction of sp³-hybridized carbons (Fsp3) is 0.500. The molecule has 0 spiro atoms. The average Bonchev–Trinajstić information content (AvgIpc) is 2.56. The molecule has 0 bridgehead atoms. The molecule has 2 heterocycles. The quantitative estimate of drug-likeness (QED) is 0.662. The Morgan fingerprint density at radius 3 is 3.17 bits per heavy atom. The summed E-state index contributed by atoms with van der Waals surface area (Å²) < 4.78 is 0. The Balaban J connectivity index is 2.09. The Morgan fingerprint density at radius 2 is 2.50 bits per heavy atom. The summed E-state index contributed by atoms with van der Waals surface area (Å²) in [5, 5.41) is 6.70. The number of piperidine rings is 1. The molecule has 1 fully saturated rings. The first-order valence-electron chi connectivity index (χ1n) is 4.12. The van der Waals surface area contributed by atoms with Gasteiger partial charge in [0.05, 0.1) is 12.7 Å². The number of carbonyl (C=O) groups is 1. The standard InChI is InChI=1S/C8H11N3O/c12-7-2-1-5-11(6-7)8-3-4-9-10-8/h3-4H,1-2,5-6H2,(H,9,10). The van der Waals surface area contributed by atoms with Gasteiger partial charge in [-0.05, 0) is 6.42 Å². The molecule has 0 saturated carbocycles. The number of aromatic amines is 1. The van der Waals surface area contributed by atoms with E-state index in [1.54, 1.807) is 6.20 Å². The van der Waals surface area contributed by atoms with Gasteiger partial charge in [0.15, 0.2) is 5.78 Å². The van der Waals surface area contributed by atoms with Gasteiger partial charge in [0, 0.05) is 19.0 Å². The highest BCUT2D eigenvalue weighted by Gasteiger charge is 2.17. The van der Waals surface area contributed by atoms with E-state index in [9.17, 15) is 4.79 Å². The molecule has 12 heavy (non-hydrogen) atoms. The van der Waals surface area contributed by atoms with Crippen LogP contribution >= 0.6 is 0 Å². The summed E-state index contributed by atoms with van der Waals surface area (Å²) in [7, 11) is 0. The van der Waals surface area contributed by atoms with Crippen LogP contribution in [-0.2, 0) is 4.79 Å². The number of ketones is 1. The third-order valence-corrected chi connectivity index (χ3v) is 2.08. The van der Waals surface area contributed by atoms with Gasteiger partial charge in [0.1, 0.15) is 5.82 Å². The van der Waals surface area contributed by atoms with Crippen molar-refractivity contribution in [2.45, 2.75) is 12.8 Å². The molecule has 0 radical (unpaired) electrons. The summed E-state index contributed by atoms with van der Waals surface area (Å²) in [6.07, 6.45) is 3.39. The van der Waals surface area contributed by atoms with Crippen LogP contribution in [-0.4, -0.2) is 29.1 Å². The van der Waals surface area contributed by atoms with Crippen molar-refractivity contribution < 1.29 is 4.79 Å². The van der Waals surface area contributed by atoms with E-state index in [1.165, 1.54) is 0 Å². The molecule has 0 atom stereocenters. The van der Waals surface area contributed by atoms with Gasteiger partial charge in [-0.2, -0.15) is 5.10 Å². The van der Waals surface area contributed by atoms with Gasteiger partial charge >= 0.3 is 0 Å².